The topological polar surface area (TPSA) is 77.2 Å². The normalized spacial score (nSPS) is 10.2. The fraction of sp³-hybridized carbons (Fsp3) is 0.231. The van der Waals surface area contributed by atoms with Gasteiger partial charge in [-0.05, 0) is 24.6 Å². The van der Waals surface area contributed by atoms with Crippen molar-refractivity contribution in [2.75, 3.05) is 11.9 Å². The number of hydrogen-bond donors (Lipinski definition) is 2. The van der Waals surface area contributed by atoms with Crippen molar-refractivity contribution < 1.29 is 9.53 Å². The summed E-state index contributed by atoms with van der Waals surface area (Å²) >= 11 is 1.39. The number of ether oxygens (including phenoxy) is 1. The highest BCUT2D eigenvalue weighted by Crippen LogP contribution is 2.15. The third kappa shape index (κ3) is 4.04. The van der Waals surface area contributed by atoms with Crippen molar-refractivity contribution in [2.45, 2.75) is 13.5 Å². The van der Waals surface area contributed by atoms with E-state index in [-0.39, 0.29) is 12.5 Å². The minimum Gasteiger partial charge on any atom is -0.484 e. The zero-order valence-electron chi connectivity index (χ0n) is 10.6. The Labute approximate surface area is 115 Å². The maximum Gasteiger partial charge on any atom is 0.264 e. The van der Waals surface area contributed by atoms with Gasteiger partial charge in [0.2, 0.25) is 0 Å². The molecule has 0 fully saturated rings. The number of carbonyl (C=O) groups excluding carboxylic acids is 1. The van der Waals surface area contributed by atoms with Crippen molar-refractivity contribution in [1.82, 2.24) is 4.98 Å². The Morgan fingerprint density at radius 1 is 1.42 bits per heavy atom. The van der Waals surface area contributed by atoms with E-state index < -0.39 is 0 Å². The number of nitrogens with zero attached hydrogens (tertiary/aromatic N) is 1. The molecule has 0 spiro atoms. The number of hydrogen-bond acceptors (Lipinski definition) is 5. The fourth-order valence-corrected chi connectivity index (χ4v) is 2.14. The standard InChI is InChI=1S/C13H15N3O2S/c1-9-8-19-13(15-9)16-12(17)7-18-11-4-2-10(6-14)3-5-11/h2-5,8H,6-7,14H2,1H3,(H,15,16,17). The van der Waals surface area contributed by atoms with Crippen LogP contribution in [0.1, 0.15) is 11.3 Å². The molecule has 0 unspecified atom stereocenters. The lowest BCUT2D eigenvalue weighted by molar-refractivity contribution is -0.118. The van der Waals surface area contributed by atoms with Crippen LogP contribution in [0.25, 0.3) is 0 Å². The number of carbonyl (C=O) groups is 1. The van der Waals surface area contributed by atoms with Crippen LogP contribution in [0.2, 0.25) is 0 Å². The van der Waals surface area contributed by atoms with E-state index in [0.29, 0.717) is 17.4 Å². The molecule has 0 saturated heterocycles. The maximum absolute atomic E-state index is 11.6. The molecule has 0 bridgehead atoms. The van der Waals surface area contributed by atoms with Crippen LogP contribution in [0.5, 0.6) is 5.75 Å². The molecular weight excluding hydrogens is 262 g/mol. The molecule has 0 atom stereocenters. The predicted molar refractivity (Wildman–Crippen MR) is 75.3 cm³/mol. The number of rotatable bonds is 5. The van der Waals surface area contributed by atoms with Gasteiger partial charge in [0.25, 0.3) is 5.91 Å². The van der Waals surface area contributed by atoms with Crippen molar-refractivity contribution >= 4 is 22.4 Å². The molecule has 1 amide bonds. The number of nitrogens with two attached hydrogens (primary N) is 1. The lowest BCUT2D eigenvalue weighted by Gasteiger charge is -2.06. The van der Waals surface area contributed by atoms with Gasteiger partial charge >= 0.3 is 0 Å². The molecule has 0 aliphatic carbocycles. The molecule has 0 saturated carbocycles. The predicted octanol–water partition coefficient (Wildman–Crippen LogP) is 1.93. The Kier molecular flexibility index (Phi) is 4.48. The minimum atomic E-state index is -0.225. The number of aromatic nitrogens is 1. The van der Waals surface area contributed by atoms with E-state index in [1.807, 2.05) is 24.4 Å². The number of anilines is 1. The first-order valence-corrected chi connectivity index (χ1v) is 6.69. The van der Waals surface area contributed by atoms with Gasteiger partial charge in [-0.25, -0.2) is 4.98 Å². The first kappa shape index (κ1) is 13.5. The van der Waals surface area contributed by atoms with Crippen molar-refractivity contribution in [1.29, 1.82) is 0 Å². The zero-order valence-corrected chi connectivity index (χ0v) is 11.4. The molecule has 0 aliphatic rings. The molecule has 6 heteroatoms. The molecule has 2 aromatic rings. The maximum atomic E-state index is 11.6. The molecule has 0 radical (unpaired) electrons. The zero-order chi connectivity index (χ0) is 13.7. The molecule has 1 aromatic heterocycles. The van der Waals surface area contributed by atoms with Crippen LogP contribution >= 0.6 is 11.3 Å². The smallest absolute Gasteiger partial charge is 0.264 e. The average Bonchev–Trinajstić information content (AvgIpc) is 2.82. The van der Waals surface area contributed by atoms with Gasteiger partial charge in [0, 0.05) is 11.9 Å². The van der Waals surface area contributed by atoms with Crippen molar-refractivity contribution in [3.8, 4) is 5.75 Å². The highest BCUT2D eigenvalue weighted by atomic mass is 32.1. The van der Waals surface area contributed by atoms with Gasteiger partial charge in [-0.3, -0.25) is 10.1 Å². The van der Waals surface area contributed by atoms with Crippen LogP contribution < -0.4 is 15.8 Å². The molecular formula is C13H15N3O2S. The Morgan fingerprint density at radius 3 is 2.74 bits per heavy atom. The molecule has 2 rings (SSSR count). The van der Waals surface area contributed by atoms with Crippen LogP contribution in [0.15, 0.2) is 29.6 Å². The van der Waals surface area contributed by atoms with E-state index in [9.17, 15) is 4.79 Å². The lowest BCUT2D eigenvalue weighted by atomic mass is 10.2. The molecule has 1 aromatic carbocycles. The summed E-state index contributed by atoms with van der Waals surface area (Å²) in [6.07, 6.45) is 0. The Balaban J connectivity index is 1.82. The van der Waals surface area contributed by atoms with Gasteiger partial charge in [-0.15, -0.1) is 11.3 Å². The van der Waals surface area contributed by atoms with E-state index >= 15 is 0 Å². The third-order valence-electron chi connectivity index (χ3n) is 2.39. The van der Waals surface area contributed by atoms with Crippen molar-refractivity contribution in [2.24, 2.45) is 5.73 Å². The van der Waals surface area contributed by atoms with E-state index in [1.165, 1.54) is 11.3 Å². The van der Waals surface area contributed by atoms with Crippen LogP contribution in [-0.4, -0.2) is 17.5 Å². The molecule has 100 valence electrons. The van der Waals surface area contributed by atoms with Gasteiger partial charge < -0.3 is 10.5 Å². The number of benzene rings is 1. The largest absolute Gasteiger partial charge is 0.484 e. The molecule has 1 heterocycles. The van der Waals surface area contributed by atoms with Gasteiger partial charge in [0.1, 0.15) is 5.75 Å². The monoisotopic (exact) mass is 277 g/mol. The summed E-state index contributed by atoms with van der Waals surface area (Å²) in [4.78, 5) is 15.8. The summed E-state index contributed by atoms with van der Waals surface area (Å²) in [5.74, 6) is 0.417. The van der Waals surface area contributed by atoms with E-state index in [4.69, 9.17) is 10.5 Å². The summed E-state index contributed by atoms with van der Waals surface area (Å²) in [7, 11) is 0. The summed E-state index contributed by atoms with van der Waals surface area (Å²) in [5.41, 5.74) is 7.41. The average molecular weight is 277 g/mol. The van der Waals surface area contributed by atoms with Crippen LogP contribution in [-0.2, 0) is 11.3 Å². The van der Waals surface area contributed by atoms with Gasteiger partial charge in [-0.2, -0.15) is 0 Å². The summed E-state index contributed by atoms with van der Waals surface area (Å²) in [6, 6.07) is 7.33. The third-order valence-corrected chi connectivity index (χ3v) is 3.27. The molecule has 3 N–H and O–H groups in total. The van der Waals surface area contributed by atoms with Gasteiger partial charge in [0.15, 0.2) is 11.7 Å². The highest BCUT2D eigenvalue weighted by Gasteiger charge is 2.06. The fourth-order valence-electron chi connectivity index (χ4n) is 1.44. The van der Waals surface area contributed by atoms with Gasteiger partial charge in [-0.1, -0.05) is 12.1 Å². The van der Waals surface area contributed by atoms with E-state index in [2.05, 4.69) is 10.3 Å². The van der Waals surface area contributed by atoms with Crippen molar-refractivity contribution in [3.05, 3.63) is 40.9 Å². The minimum absolute atomic E-state index is 0.0411. The lowest BCUT2D eigenvalue weighted by Crippen LogP contribution is -2.20. The Morgan fingerprint density at radius 2 is 2.16 bits per heavy atom. The van der Waals surface area contributed by atoms with Crippen LogP contribution in [0, 0.1) is 6.92 Å². The van der Waals surface area contributed by atoms with Gasteiger partial charge in [0.05, 0.1) is 5.69 Å². The van der Waals surface area contributed by atoms with E-state index in [0.717, 1.165) is 11.3 Å². The molecule has 5 nitrogen and oxygen atoms in total. The number of amides is 1. The summed E-state index contributed by atoms with van der Waals surface area (Å²) in [6.45, 7) is 2.33. The Hall–Kier alpha value is -1.92. The second-order valence-corrected chi connectivity index (χ2v) is 4.84. The number of thiazole rings is 1. The summed E-state index contributed by atoms with van der Waals surface area (Å²) in [5, 5.41) is 5.14. The van der Waals surface area contributed by atoms with Crippen molar-refractivity contribution in [3.63, 3.8) is 0 Å². The van der Waals surface area contributed by atoms with Crippen LogP contribution in [0.4, 0.5) is 5.13 Å². The van der Waals surface area contributed by atoms with Crippen LogP contribution in [0.3, 0.4) is 0 Å². The number of aryl methyl sites for hydroxylation is 1. The summed E-state index contributed by atoms with van der Waals surface area (Å²) < 4.78 is 5.37. The second kappa shape index (κ2) is 6.31. The second-order valence-electron chi connectivity index (χ2n) is 3.98. The quantitative estimate of drug-likeness (QED) is 0.875. The number of nitrogens with one attached hydrogen (secondary N) is 1. The molecule has 0 aliphatic heterocycles. The molecule has 19 heavy (non-hydrogen) atoms. The highest BCUT2D eigenvalue weighted by molar-refractivity contribution is 7.13. The van der Waals surface area contributed by atoms with E-state index in [1.54, 1.807) is 12.1 Å². The SMILES string of the molecule is Cc1csc(NC(=O)COc2ccc(CN)cc2)n1. The Bertz CT molecular complexity index is 551. The first-order chi connectivity index (χ1) is 9.17. The first-order valence-electron chi connectivity index (χ1n) is 5.81.